The Balaban J connectivity index is 1.96. The molecule has 1 heterocycles. The van der Waals surface area contributed by atoms with E-state index in [1.165, 1.54) is 25.3 Å². The quantitative estimate of drug-likeness (QED) is 0.660. The van der Waals surface area contributed by atoms with Gasteiger partial charge in [-0.25, -0.2) is 4.39 Å². The van der Waals surface area contributed by atoms with Gasteiger partial charge in [0, 0.05) is 6.54 Å². The van der Waals surface area contributed by atoms with Crippen LogP contribution in [0.25, 0.3) is 0 Å². The van der Waals surface area contributed by atoms with Gasteiger partial charge in [0.25, 0.3) is 0 Å². The molecule has 0 unspecified atom stereocenters. The minimum Gasteiger partial charge on any atom is -0.381 e. The summed E-state index contributed by atoms with van der Waals surface area (Å²) in [5.41, 5.74) is 2.14. The highest BCUT2D eigenvalue weighted by Gasteiger charge is 2.39. The number of benzene rings is 1. The van der Waals surface area contributed by atoms with Crippen molar-refractivity contribution in [2.45, 2.75) is 24.8 Å². The van der Waals surface area contributed by atoms with Crippen molar-refractivity contribution in [3.05, 3.63) is 24.0 Å². The highest BCUT2D eigenvalue weighted by atomic mass is 19.1. The van der Waals surface area contributed by atoms with E-state index in [-0.39, 0.29) is 11.4 Å². The summed E-state index contributed by atoms with van der Waals surface area (Å²) in [5, 5.41) is 6.80. The van der Waals surface area contributed by atoms with E-state index in [0.717, 1.165) is 17.9 Å². The van der Waals surface area contributed by atoms with Gasteiger partial charge in [0.05, 0.1) is 16.9 Å². The Morgan fingerprint density at radius 3 is 2.79 bits per heavy atom. The molecule has 0 saturated heterocycles. The van der Waals surface area contributed by atoms with Crippen LogP contribution in [-0.4, -0.2) is 12.1 Å². The summed E-state index contributed by atoms with van der Waals surface area (Å²) in [7, 11) is 0. The van der Waals surface area contributed by atoms with Crippen molar-refractivity contribution >= 4 is 11.4 Å². The second kappa shape index (κ2) is 2.62. The summed E-state index contributed by atoms with van der Waals surface area (Å²) in [6.45, 7) is 0.964. The Labute approximate surface area is 82.5 Å². The molecule has 2 N–H and O–H groups in total. The van der Waals surface area contributed by atoms with E-state index in [1.807, 2.05) is 0 Å². The van der Waals surface area contributed by atoms with Crippen molar-refractivity contribution in [2.75, 3.05) is 17.2 Å². The number of anilines is 2. The zero-order valence-electron chi connectivity index (χ0n) is 7.94. The molecule has 1 aromatic carbocycles. The van der Waals surface area contributed by atoms with Crippen LogP contribution in [-0.2, 0) is 0 Å². The third-order valence-electron chi connectivity index (χ3n) is 3.31. The van der Waals surface area contributed by atoms with Gasteiger partial charge in [-0.1, -0.05) is 0 Å². The van der Waals surface area contributed by atoms with Crippen LogP contribution < -0.4 is 10.6 Å². The molecule has 1 aromatic rings. The molecule has 0 atom stereocenters. The standard InChI is InChI=1S/C11H13FN2/c12-8-2-3-9-10(6-8)14-11(7-13-9)4-1-5-11/h2-3,6,13-14H,1,4-5,7H2. The van der Waals surface area contributed by atoms with Gasteiger partial charge in [-0.2, -0.15) is 0 Å². The van der Waals surface area contributed by atoms with E-state index in [4.69, 9.17) is 0 Å². The largest absolute Gasteiger partial charge is 0.381 e. The van der Waals surface area contributed by atoms with E-state index in [2.05, 4.69) is 10.6 Å². The average molecular weight is 192 g/mol. The Morgan fingerprint density at radius 2 is 2.07 bits per heavy atom. The van der Waals surface area contributed by atoms with Gasteiger partial charge in [0.2, 0.25) is 0 Å². The lowest BCUT2D eigenvalue weighted by molar-refractivity contribution is 0.291. The molecule has 14 heavy (non-hydrogen) atoms. The Bertz CT molecular complexity index is 372. The topological polar surface area (TPSA) is 24.1 Å². The number of fused-ring (bicyclic) bond motifs is 1. The van der Waals surface area contributed by atoms with Crippen molar-refractivity contribution in [1.29, 1.82) is 0 Å². The van der Waals surface area contributed by atoms with Crippen molar-refractivity contribution < 1.29 is 4.39 Å². The highest BCUT2D eigenvalue weighted by Crippen LogP contribution is 2.40. The molecular weight excluding hydrogens is 179 g/mol. The fraction of sp³-hybridized carbons (Fsp3) is 0.455. The SMILES string of the molecule is Fc1ccc2c(c1)NC1(CCC1)CN2. The van der Waals surface area contributed by atoms with Crippen LogP contribution in [0.15, 0.2) is 18.2 Å². The first kappa shape index (κ1) is 8.09. The number of rotatable bonds is 0. The van der Waals surface area contributed by atoms with Crippen LogP contribution in [0, 0.1) is 5.82 Å². The van der Waals surface area contributed by atoms with Gasteiger partial charge in [-0.05, 0) is 37.5 Å². The third-order valence-corrected chi connectivity index (χ3v) is 3.31. The van der Waals surface area contributed by atoms with Gasteiger partial charge >= 0.3 is 0 Å². The summed E-state index contributed by atoms with van der Waals surface area (Å²) in [6.07, 6.45) is 3.66. The van der Waals surface area contributed by atoms with Gasteiger partial charge in [-0.15, -0.1) is 0 Å². The van der Waals surface area contributed by atoms with E-state index < -0.39 is 0 Å². The fourth-order valence-electron chi connectivity index (χ4n) is 2.27. The van der Waals surface area contributed by atoms with E-state index in [9.17, 15) is 4.39 Å². The van der Waals surface area contributed by atoms with Gasteiger partial charge in [0.15, 0.2) is 0 Å². The van der Waals surface area contributed by atoms with Crippen LogP contribution in [0.3, 0.4) is 0 Å². The average Bonchev–Trinajstić information content (AvgIpc) is 2.14. The number of hydrogen-bond donors (Lipinski definition) is 2. The summed E-state index contributed by atoms with van der Waals surface area (Å²) in [6, 6.07) is 4.86. The number of nitrogens with one attached hydrogen (secondary N) is 2. The molecule has 74 valence electrons. The molecule has 1 saturated carbocycles. The molecule has 3 rings (SSSR count). The zero-order valence-corrected chi connectivity index (χ0v) is 7.94. The number of hydrogen-bond acceptors (Lipinski definition) is 2. The fourth-order valence-corrected chi connectivity index (χ4v) is 2.27. The van der Waals surface area contributed by atoms with Crippen molar-refractivity contribution in [2.24, 2.45) is 0 Å². The maximum absolute atomic E-state index is 13.0. The highest BCUT2D eigenvalue weighted by molar-refractivity contribution is 5.72. The van der Waals surface area contributed by atoms with E-state index >= 15 is 0 Å². The minimum absolute atomic E-state index is 0.172. The second-order valence-electron chi connectivity index (χ2n) is 4.30. The molecule has 2 aliphatic rings. The monoisotopic (exact) mass is 192 g/mol. The first-order valence-corrected chi connectivity index (χ1v) is 5.09. The second-order valence-corrected chi connectivity index (χ2v) is 4.30. The van der Waals surface area contributed by atoms with Gasteiger partial charge < -0.3 is 10.6 Å². The molecule has 0 aromatic heterocycles. The van der Waals surface area contributed by atoms with Gasteiger partial charge in [-0.3, -0.25) is 0 Å². The van der Waals surface area contributed by atoms with Crippen LogP contribution in [0.1, 0.15) is 19.3 Å². The van der Waals surface area contributed by atoms with Crippen molar-refractivity contribution in [3.8, 4) is 0 Å². The van der Waals surface area contributed by atoms with Gasteiger partial charge in [0.1, 0.15) is 5.82 Å². The predicted octanol–water partition coefficient (Wildman–Crippen LogP) is 2.59. The predicted molar refractivity (Wildman–Crippen MR) is 55.1 cm³/mol. The summed E-state index contributed by atoms with van der Waals surface area (Å²) < 4.78 is 13.0. The Morgan fingerprint density at radius 1 is 1.21 bits per heavy atom. The molecule has 0 amide bonds. The summed E-state index contributed by atoms with van der Waals surface area (Å²) in [5.74, 6) is -0.172. The van der Waals surface area contributed by atoms with Crippen LogP contribution >= 0.6 is 0 Å². The Hall–Kier alpha value is -1.25. The van der Waals surface area contributed by atoms with Crippen LogP contribution in [0.5, 0.6) is 0 Å². The molecule has 1 spiro atoms. The van der Waals surface area contributed by atoms with Crippen LogP contribution in [0.4, 0.5) is 15.8 Å². The molecule has 3 heteroatoms. The summed E-state index contributed by atoms with van der Waals surface area (Å²) in [4.78, 5) is 0. The molecule has 1 aliphatic heterocycles. The first-order chi connectivity index (χ1) is 6.77. The smallest absolute Gasteiger partial charge is 0.125 e. The van der Waals surface area contributed by atoms with E-state index in [0.29, 0.717) is 0 Å². The Kier molecular flexibility index (Phi) is 1.52. The zero-order chi connectivity index (χ0) is 9.60. The van der Waals surface area contributed by atoms with Crippen molar-refractivity contribution in [1.82, 2.24) is 0 Å². The molecular formula is C11H13FN2. The van der Waals surface area contributed by atoms with Crippen LogP contribution in [0.2, 0.25) is 0 Å². The lowest BCUT2D eigenvalue weighted by Gasteiger charge is -2.47. The molecule has 0 bridgehead atoms. The molecule has 1 fully saturated rings. The molecule has 2 nitrogen and oxygen atoms in total. The van der Waals surface area contributed by atoms with E-state index in [1.54, 1.807) is 12.1 Å². The summed E-state index contributed by atoms with van der Waals surface area (Å²) >= 11 is 0. The number of halogens is 1. The maximum atomic E-state index is 13.0. The lowest BCUT2D eigenvalue weighted by atomic mass is 9.75. The normalized spacial score (nSPS) is 21.8. The lowest BCUT2D eigenvalue weighted by Crippen LogP contribution is -2.52. The first-order valence-electron chi connectivity index (χ1n) is 5.09. The third kappa shape index (κ3) is 1.08. The molecule has 0 radical (unpaired) electrons. The minimum atomic E-state index is -0.172. The van der Waals surface area contributed by atoms with Crippen molar-refractivity contribution in [3.63, 3.8) is 0 Å². The molecule has 1 aliphatic carbocycles. The maximum Gasteiger partial charge on any atom is 0.125 e.